The maximum absolute atomic E-state index is 12.3. The zero-order valence-corrected chi connectivity index (χ0v) is 13.3. The van der Waals surface area contributed by atoms with Gasteiger partial charge < -0.3 is 5.32 Å². The van der Waals surface area contributed by atoms with Crippen molar-refractivity contribution in [2.24, 2.45) is 5.92 Å². The minimum atomic E-state index is 0.00878. The van der Waals surface area contributed by atoms with Crippen molar-refractivity contribution in [2.45, 2.75) is 32.2 Å². The van der Waals surface area contributed by atoms with E-state index in [-0.39, 0.29) is 17.9 Å². The van der Waals surface area contributed by atoms with Crippen LogP contribution in [0.5, 0.6) is 0 Å². The van der Waals surface area contributed by atoms with E-state index in [4.69, 9.17) is 0 Å². The summed E-state index contributed by atoms with van der Waals surface area (Å²) < 4.78 is 0. The van der Waals surface area contributed by atoms with Crippen molar-refractivity contribution in [2.75, 3.05) is 0 Å². The van der Waals surface area contributed by atoms with Gasteiger partial charge in [0.2, 0.25) is 5.91 Å². The number of rotatable bonds is 4. The molecule has 23 heavy (non-hydrogen) atoms. The number of nitrogens with one attached hydrogen (secondary N) is 1. The van der Waals surface area contributed by atoms with Gasteiger partial charge in [-0.1, -0.05) is 36.4 Å². The Morgan fingerprint density at radius 2 is 1.87 bits per heavy atom. The minimum Gasteiger partial charge on any atom is -0.349 e. The van der Waals surface area contributed by atoms with Gasteiger partial charge in [-0.2, -0.15) is 0 Å². The lowest BCUT2D eigenvalue weighted by Crippen LogP contribution is -2.33. The molecular weight excluding hydrogens is 286 g/mol. The molecule has 0 fully saturated rings. The molecule has 1 amide bonds. The third kappa shape index (κ3) is 3.83. The third-order valence-corrected chi connectivity index (χ3v) is 4.30. The number of amides is 1. The molecule has 4 nitrogen and oxygen atoms in total. The molecule has 1 heterocycles. The lowest BCUT2D eigenvalue weighted by atomic mass is 9.93. The molecule has 0 spiro atoms. The van der Waals surface area contributed by atoms with E-state index >= 15 is 0 Å². The molecule has 2 atom stereocenters. The fourth-order valence-corrected chi connectivity index (χ4v) is 2.86. The smallest absolute Gasteiger partial charge is 0.223 e. The summed E-state index contributed by atoms with van der Waals surface area (Å²) in [6.45, 7) is 2.03. The summed E-state index contributed by atoms with van der Waals surface area (Å²) in [6.07, 6.45) is 12.2. The summed E-state index contributed by atoms with van der Waals surface area (Å²) in [4.78, 5) is 20.4. The van der Waals surface area contributed by atoms with E-state index in [9.17, 15) is 4.79 Å². The summed E-state index contributed by atoms with van der Waals surface area (Å²) in [6, 6.07) is 8.19. The molecule has 1 aliphatic carbocycles. The monoisotopic (exact) mass is 307 g/mol. The Kier molecular flexibility index (Phi) is 4.81. The molecule has 4 heteroatoms. The van der Waals surface area contributed by atoms with Gasteiger partial charge in [0.15, 0.2) is 0 Å². The third-order valence-electron chi connectivity index (χ3n) is 4.30. The highest BCUT2D eigenvalue weighted by atomic mass is 16.1. The minimum absolute atomic E-state index is 0.00878. The lowest BCUT2D eigenvalue weighted by Gasteiger charge is -2.21. The standard InChI is InChI=1S/C19H21N3O/c1-14(22-19(23)17-5-3-2-4-6-17)15-7-9-16(10-8-15)18-11-20-13-21-12-18/h2-3,7-14,17H,4-6H2,1H3,(H,22,23)/t14-,17-/m1/s1. The normalized spacial score (nSPS) is 18.4. The van der Waals surface area contributed by atoms with Crippen molar-refractivity contribution in [1.82, 2.24) is 15.3 Å². The molecule has 0 saturated carbocycles. The fraction of sp³-hybridized carbons (Fsp3) is 0.316. The van der Waals surface area contributed by atoms with Gasteiger partial charge in [0.1, 0.15) is 6.33 Å². The molecule has 1 N–H and O–H groups in total. The van der Waals surface area contributed by atoms with Crippen LogP contribution in [0.15, 0.2) is 55.1 Å². The van der Waals surface area contributed by atoms with Gasteiger partial charge in [0.25, 0.3) is 0 Å². The van der Waals surface area contributed by atoms with Gasteiger partial charge in [-0.05, 0) is 37.3 Å². The first-order valence-electron chi connectivity index (χ1n) is 8.05. The molecule has 0 aliphatic heterocycles. The second-order valence-electron chi connectivity index (χ2n) is 5.96. The molecule has 0 saturated heterocycles. The fourth-order valence-electron chi connectivity index (χ4n) is 2.86. The quantitative estimate of drug-likeness (QED) is 0.877. The highest BCUT2D eigenvalue weighted by Gasteiger charge is 2.20. The maximum Gasteiger partial charge on any atom is 0.223 e. The first kappa shape index (κ1) is 15.4. The van der Waals surface area contributed by atoms with Gasteiger partial charge in [-0.3, -0.25) is 4.79 Å². The molecule has 1 aromatic carbocycles. The maximum atomic E-state index is 12.3. The number of benzene rings is 1. The Labute approximate surface area is 136 Å². The van der Waals surface area contributed by atoms with Crippen LogP contribution in [0.2, 0.25) is 0 Å². The van der Waals surface area contributed by atoms with Crippen LogP contribution in [0.3, 0.4) is 0 Å². The average molecular weight is 307 g/mol. The second-order valence-corrected chi connectivity index (χ2v) is 5.96. The van der Waals surface area contributed by atoms with Crippen molar-refractivity contribution < 1.29 is 4.79 Å². The topological polar surface area (TPSA) is 54.9 Å². The van der Waals surface area contributed by atoms with E-state index in [2.05, 4.69) is 27.4 Å². The Bertz CT molecular complexity index is 680. The number of allylic oxidation sites excluding steroid dienone is 2. The first-order chi connectivity index (χ1) is 11.2. The summed E-state index contributed by atoms with van der Waals surface area (Å²) in [5.74, 6) is 0.269. The van der Waals surface area contributed by atoms with Gasteiger partial charge >= 0.3 is 0 Å². The highest BCUT2D eigenvalue weighted by Crippen LogP contribution is 2.22. The van der Waals surface area contributed by atoms with Crippen molar-refractivity contribution in [1.29, 1.82) is 0 Å². The predicted molar refractivity (Wildman–Crippen MR) is 90.5 cm³/mol. The van der Waals surface area contributed by atoms with Crippen LogP contribution in [-0.4, -0.2) is 15.9 Å². The van der Waals surface area contributed by atoms with Gasteiger partial charge in [-0.15, -0.1) is 0 Å². The Balaban J connectivity index is 1.64. The zero-order valence-electron chi connectivity index (χ0n) is 13.3. The average Bonchev–Trinajstić information content (AvgIpc) is 2.63. The first-order valence-corrected chi connectivity index (χ1v) is 8.05. The van der Waals surface area contributed by atoms with E-state index in [1.165, 1.54) is 6.33 Å². The molecule has 1 aromatic heterocycles. The van der Waals surface area contributed by atoms with Crippen molar-refractivity contribution in [3.8, 4) is 11.1 Å². The van der Waals surface area contributed by atoms with Crippen molar-refractivity contribution in [3.05, 3.63) is 60.7 Å². The number of aromatic nitrogens is 2. The summed E-state index contributed by atoms with van der Waals surface area (Å²) in [5, 5.41) is 3.13. The van der Waals surface area contributed by atoms with Crippen LogP contribution in [-0.2, 0) is 4.79 Å². The lowest BCUT2D eigenvalue weighted by molar-refractivity contribution is -0.125. The summed E-state index contributed by atoms with van der Waals surface area (Å²) >= 11 is 0. The number of carbonyl (C=O) groups excluding carboxylic acids is 1. The van der Waals surface area contributed by atoms with Gasteiger partial charge in [0.05, 0.1) is 6.04 Å². The molecule has 3 rings (SSSR count). The van der Waals surface area contributed by atoms with Gasteiger partial charge in [-0.25, -0.2) is 9.97 Å². The number of nitrogens with zero attached hydrogens (tertiary/aromatic N) is 2. The van der Waals surface area contributed by atoms with Crippen molar-refractivity contribution >= 4 is 5.91 Å². The second kappa shape index (κ2) is 7.18. The molecule has 0 radical (unpaired) electrons. The molecule has 118 valence electrons. The van der Waals surface area contributed by atoms with Crippen LogP contribution in [0.4, 0.5) is 0 Å². The van der Waals surface area contributed by atoms with E-state index < -0.39 is 0 Å². The molecule has 1 aliphatic rings. The van der Waals surface area contributed by atoms with E-state index in [0.29, 0.717) is 0 Å². The van der Waals surface area contributed by atoms with E-state index in [1.54, 1.807) is 12.4 Å². The van der Waals surface area contributed by atoms with Crippen LogP contribution in [0.1, 0.15) is 37.8 Å². The number of hydrogen-bond donors (Lipinski definition) is 1. The number of carbonyl (C=O) groups is 1. The molecule has 2 aromatic rings. The molecule has 0 unspecified atom stereocenters. The SMILES string of the molecule is C[C@@H](NC(=O)[C@@H]1CC=CCC1)c1ccc(-c2cncnc2)cc1. The molecule has 0 bridgehead atoms. The largest absolute Gasteiger partial charge is 0.349 e. The van der Waals surface area contributed by atoms with E-state index in [1.807, 2.05) is 31.2 Å². The Hall–Kier alpha value is -2.49. The van der Waals surface area contributed by atoms with Crippen molar-refractivity contribution in [3.63, 3.8) is 0 Å². The van der Waals surface area contributed by atoms with Crippen LogP contribution in [0, 0.1) is 5.92 Å². The summed E-state index contributed by atoms with van der Waals surface area (Å²) in [5.41, 5.74) is 3.17. The predicted octanol–water partition coefficient (Wildman–Crippen LogP) is 3.68. The number of hydrogen-bond acceptors (Lipinski definition) is 3. The highest BCUT2D eigenvalue weighted by molar-refractivity contribution is 5.79. The summed E-state index contributed by atoms with van der Waals surface area (Å²) in [7, 11) is 0. The molecular formula is C19H21N3O. The zero-order chi connectivity index (χ0) is 16.1. The van der Waals surface area contributed by atoms with Crippen LogP contribution >= 0.6 is 0 Å². The van der Waals surface area contributed by atoms with Crippen LogP contribution in [0.25, 0.3) is 11.1 Å². The Morgan fingerprint density at radius 1 is 1.13 bits per heavy atom. The van der Waals surface area contributed by atoms with Crippen LogP contribution < -0.4 is 5.32 Å². The van der Waals surface area contributed by atoms with Gasteiger partial charge in [0, 0.05) is 23.9 Å². The Morgan fingerprint density at radius 3 is 2.52 bits per heavy atom. The van der Waals surface area contributed by atoms with E-state index in [0.717, 1.165) is 36.0 Å².